The largest absolute Gasteiger partial charge is 0.236 e. The van der Waals surface area contributed by atoms with Crippen LogP contribution in [0.5, 0.6) is 0 Å². The van der Waals surface area contributed by atoms with E-state index >= 15 is 0 Å². The molecule has 18 heavy (non-hydrogen) atoms. The second-order valence-corrected chi connectivity index (χ2v) is 4.46. The van der Waals surface area contributed by atoms with Crippen LogP contribution in [0.4, 0.5) is 0 Å². The zero-order valence-corrected chi connectivity index (χ0v) is 10.7. The van der Waals surface area contributed by atoms with Crippen LogP contribution in [0.25, 0.3) is 16.7 Å². The Bertz CT molecular complexity index is 689. The van der Waals surface area contributed by atoms with Gasteiger partial charge in [-0.3, -0.25) is 0 Å². The quantitative estimate of drug-likeness (QED) is 0.702. The second kappa shape index (κ2) is 4.42. The molecular weight excluding hydrogens is 246 g/mol. The SMILES string of the molecule is CCc1cnc2c(cnn2-c2ccccc2)c1Cl. The lowest BCUT2D eigenvalue weighted by Gasteiger charge is -2.04. The normalized spacial score (nSPS) is 11.0. The minimum absolute atomic E-state index is 0.754. The fourth-order valence-electron chi connectivity index (χ4n) is 1.99. The highest BCUT2D eigenvalue weighted by Crippen LogP contribution is 2.27. The topological polar surface area (TPSA) is 30.7 Å². The standard InChI is InChI=1S/C14H12ClN3/c1-2-10-8-16-14-12(13(10)15)9-17-18(14)11-6-4-3-5-7-11/h3-9H,2H2,1H3. The van der Waals surface area contributed by atoms with Crippen molar-refractivity contribution < 1.29 is 0 Å². The van der Waals surface area contributed by atoms with Crippen molar-refractivity contribution >= 4 is 22.6 Å². The number of fused-ring (bicyclic) bond motifs is 1. The lowest BCUT2D eigenvalue weighted by Crippen LogP contribution is -1.97. The average Bonchev–Trinajstić information content (AvgIpc) is 2.85. The molecular formula is C14H12ClN3. The molecule has 4 heteroatoms. The zero-order valence-electron chi connectivity index (χ0n) is 9.97. The summed E-state index contributed by atoms with van der Waals surface area (Å²) in [5, 5.41) is 6.03. The summed E-state index contributed by atoms with van der Waals surface area (Å²) in [6.45, 7) is 2.07. The summed E-state index contributed by atoms with van der Waals surface area (Å²) in [7, 11) is 0. The van der Waals surface area contributed by atoms with Crippen molar-refractivity contribution in [1.82, 2.24) is 14.8 Å². The van der Waals surface area contributed by atoms with E-state index in [0.29, 0.717) is 0 Å². The number of para-hydroxylation sites is 1. The Kier molecular flexibility index (Phi) is 2.76. The molecule has 0 bridgehead atoms. The van der Waals surface area contributed by atoms with Crippen molar-refractivity contribution in [3.63, 3.8) is 0 Å². The van der Waals surface area contributed by atoms with E-state index < -0.39 is 0 Å². The van der Waals surface area contributed by atoms with Crippen molar-refractivity contribution in [2.24, 2.45) is 0 Å². The van der Waals surface area contributed by atoms with E-state index in [1.165, 1.54) is 0 Å². The molecule has 3 nitrogen and oxygen atoms in total. The fraction of sp³-hybridized carbons (Fsp3) is 0.143. The summed E-state index contributed by atoms with van der Waals surface area (Å²) < 4.78 is 1.81. The van der Waals surface area contributed by atoms with Crippen LogP contribution >= 0.6 is 11.6 Å². The molecule has 0 amide bonds. The van der Waals surface area contributed by atoms with Gasteiger partial charge in [0.05, 0.1) is 22.3 Å². The van der Waals surface area contributed by atoms with Crippen molar-refractivity contribution in [2.45, 2.75) is 13.3 Å². The van der Waals surface area contributed by atoms with Gasteiger partial charge in [-0.05, 0) is 24.1 Å². The predicted octanol–water partition coefficient (Wildman–Crippen LogP) is 3.64. The summed E-state index contributed by atoms with van der Waals surface area (Å²) in [5.74, 6) is 0. The van der Waals surface area contributed by atoms with E-state index in [1.807, 2.05) is 36.5 Å². The summed E-state index contributed by atoms with van der Waals surface area (Å²) in [5.41, 5.74) is 2.83. The van der Waals surface area contributed by atoms with E-state index in [2.05, 4.69) is 17.0 Å². The first-order valence-electron chi connectivity index (χ1n) is 5.87. The van der Waals surface area contributed by atoms with Crippen LogP contribution in [0.1, 0.15) is 12.5 Å². The third-order valence-electron chi connectivity index (χ3n) is 2.99. The summed E-state index contributed by atoms with van der Waals surface area (Å²) >= 11 is 6.35. The smallest absolute Gasteiger partial charge is 0.164 e. The van der Waals surface area contributed by atoms with E-state index in [0.717, 1.165) is 33.7 Å². The van der Waals surface area contributed by atoms with Crippen LogP contribution in [0, 0.1) is 0 Å². The van der Waals surface area contributed by atoms with Crippen LogP contribution in [0.15, 0.2) is 42.7 Å². The molecule has 0 aliphatic heterocycles. The van der Waals surface area contributed by atoms with Gasteiger partial charge in [0.1, 0.15) is 0 Å². The van der Waals surface area contributed by atoms with E-state index in [1.54, 1.807) is 10.9 Å². The molecule has 2 heterocycles. The molecule has 1 aromatic carbocycles. The minimum Gasteiger partial charge on any atom is -0.236 e. The van der Waals surface area contributed by atoms with Crippen LogP contribution in [-0.2, 0) is 6.42 Å². The van der Waals surface area contributed by atoms with Gasteiger partial charge in [-0.15, -0.1) is 0 Å². The second-order valence-electron chi connectivity index (χ2n) is 4.08. The molecule has 0 aliphatic carbocycles. The molecule has 0 unspecified atom stereocenters. The molecule has 0 saturated carbocycles. The molecule has 0 radical (unpaired) electrons. The lowest BCUT2D eigenvalue weighted by molar-refractivity contribution is 0.896. The molecule has 0 N–H and O–H groups in total. The number of hydrogen-bond acceptors (Lipinski definition) is 2. The highest BCUT2D eigenvalue weighted by atomic mass is 35.5. The number of benzene rings is 1. The Hall–Kier alpha value is -1.87. The average molecular weight is 258 g/mol. The van der Waals surface area contributed by atoms with Gasteiger partial charge in [0.25, 0.3) is 0 Å². The summed E-state index contributed by atoms with van der Waals surface area (Å²) in [6, 6.07) is 9.92. The van der Waals surface area contributed by atoms with Crippen LogP contribution in [0.3, 0.4) is 0 Å². The first kappa shape index (κ1) is 11.2. The predicted molar refractivity (Wildman–Crippen MR) is 73.3 cm³/mol. The van der Waals surface area contributed by atoms with Crippen molar-refractivity contribution in [1.29, 1.82) is 0 Å². The maximum atomic E-state index is 6.35. The number of rotatable bonds is 2. The van der Waals surface area contributed by atoms with E-state index in [9.17, 15) is 0 Å². The van der Waals surface area contributed by atoms with Gasteiger partial charge >= 0.3 is 0 Å². The minimum atomic E-state index is 0.754. The third-order valence-corrected chi connectivity index (χ3v) is 3.43. The summed E-state index contributed by atoms with van der Waals surface area (Å²) in [6.07, 6.45) is 4.47. The Labute approximate surface area is 110 Å². The number of nitrogens with zero attached hydrogens (tertiary/aromatic N) is 3. The molecule has 3 aromatic rings. The molecule has 2 aromatic heterocycles. The third kappa shape index (κ3) is 1.68. The molecule has 90 valence electrons. The van der Waals surface area contributed by atoms with Crippen molar-refractivity contribution in [3.05, 3.63) is 53.3 Å². The van der Waals surface area contributed by atoms with Gasteiger partial charge < -0.3 is 0 Å². The molecule has 3 rings (SSSR count). The molecule has 0 spiro atoms. The first-order chi connectivity index (χ1) is 8.81. The van der Waals surface area contributed by atoms with Crippen molar-refractivity contribution in [3.8, 4) is 5.69 Å². The summed E-state index contributed by atoms with van der Waals surface area (Å²) in [4.78, 5) is 4.47. The highest BCUT2D eigenvalue weighted by Gasteiger charge is 2.11. The van der Waals surface area contributed by atoms with Gasteiger partial charge in [-0.25, -0.2) is 9.67 Å². The molecule has 0 aliphatic rings. The Morgan fingerprint density at radius 2 is 1.94 bits per heavy atom. The number of aromatic nitrogens is 3. The Balaban J connectivity index is 2.25. The monoisotopic (exact) mass is 257 g/mol. The van der Waals surface area contributed by atoms with Gasteiger partial charge in [-0.2, -0.15) is 5.10 Å². The highest BCUT2D eigenvalue weighted by molar-refractivity contribution is 6.36. The van der Waals surface area contributed by atoms with Crippen LogP contribution in [0.2, 0.25) is 5.02 Å². The Morgan fingerprint density at radius 3 is 2.67 bits per heavy atom. The zero-order chi connectivity index (χ0) is 12.5. The Morgan fingerprint density at radius 1 is 1.17 bits per heavy atom. The molecule has 0 atom stereocenters. The molecule has 0 fully saturated rings. The van der Waals surface area contributed by atoms with Crippen LogP contribution in [-0.4, -0.2) is 14.8 Å². The van der Waals surface area contributed by atoms with Gasteiger partial charge in [0, 0.05) is 6.20 Å². The van der Waals surface area contributed by atoms with Crippen molar-refractivity contribution in [2.75, 3.05) is 0 Å². The number of halogens is 1. The number of aryl methyl sites for hydroxylation is 1. The van der Waals surface area contributed by atoms with E-state index in [-0.39, 0.29) is 0 Å². The maximum Gasteiger partial charge on any atom is 0.164 e. The lowest BCUT2D eigenvalue weighted by atomic mass is 10.2. The first-order valence-corrected chi connectivity index (χ1v) is 6.25. The van der Waals surface area contributed by atoms with E-state index in [4.69, 9.17) is 11.6 Å². The molecule has 0 saturated heterocycles. The van der Waals surface area contributed by atoms with Gasteiger partial charge in [0.15, 0.2) is 5.65 Å². The fourth-order valence-corrected chi connectivity index (χ4v) is 2.31. The number of pyridine rings is 1. The van der Waals surface area contributed by atoms with Gasteiger partial charge in [-0.1, -0.05) is 36.7 Å². The maximum absolute atomic E-state index is 6.35. The van der Waals surface area contributed by atoms with Gasteiger partial charge in [0.2, 0.25) is 0 Å². The van der Waals surface area contributed by atoms with Crippen LogP contribution < -0.4 is 0 Å². The number of hydrogen-bond donors (Lipinski definition) is 0.